The number of ketones is 1. The molecule has 0 N–H and O–H groups in total. The summed E-state index contributed by atoms with van der Waals surface area (Å²) in [6.07, 6.45) is 5.54. The molecule has 0 aliphatic rings. The molecule has 4 rings (SSSR count). The number of rotatable bonds is 4. The number of carbonyl (C=O) groups is 2. The van der Waals surface area contributed by atoms with Crippen LogP contribution in [-0.4, -0.2) is 16.3 Å². The number of terminal acetylenes is 1. The van der Waals surface area contributed by atoms with Crippen LogP contribution >= 0.6 is 11.3 Å². The third kappa shape index (κ3) is 3.73. The zero-order valence-electron chi connectivity index (χ0n) is 16.3. The van der Waals surface area contributed by atoms with Crippen LogP contribution in [0.1, 0.15) is 31.8 Å². The highest BCUT2D eigenvalue weighted by molar-refractivity contribution is 7.16. The van der Waals surface area contributed by atoms with Crippen LogP contribution in [0.2, 0.25) is 0 Å². The average Bonchev–Trinajstić information content (AvgIpc) is 3.12. The standard InChI is InChI=1S/C25H18N2O2S/c1-3-16-27-22-17(2)8-7-11-21(22)30-25(27)26-24(29)20-14-12-19(13-15-20)23(28)18-9-5-4-6-10-18/h1,4-15H,16H2,2H3. The third-order valence-corrected chi connectivity index (χ3v) is 5.82. The molecule has 0 saturated heterocycles. The molecule has 0 unspecified atom stereocenters. The molecule has 5 heteroatoms. The van der Waals surface area contributed by atoms with Gasteiger partial charge >= 0.3 is 0 Å². The van der Waals surface area contributed by atoms with Crippen molar-refractivity contribution in [2.24, 2.45) is 4.99 Å². The van der Waals surface area contributed by atoms with Gasteiger partial charge in [0.05, 0.1) is 16.8 Å². The van der Waals surface area contributed by atoms with Gasteiger partial charge in [0, 0.05) is 16.7 Å². The summed E-state index contributed by atoms with van der Waals surface area (Å²) in [5.41, 5.74) is 3.63. The summed E-state index contributed by atoms with van der Waals surface area (Å²) in [6, 6.07) is 21.6. The number of para-hydroxylation sites is 1. The van der Waals surface area contributed by atoms with Crippen LogP contribution in [0.5, 0.6) is 0 Å². The highest BCUT2D eigenvalue weighted by atomic mass is 32.1. The van der Waals surface area contributed by atoms with Gasteiger partial charge in [-0.3, -0.25) is 9.59 Å². The Morgan fingerprint density at radius 3 is 2.30 bits per heavy atom. The topological polar surface area (TPSA) is 51.4 Å². The van der Waals surface area contributed by atoms with Crippen LogP contribution in [0.15, 0.2) is 77.8 Å². The van der Waals surface area contributed by atoms with Crippen molar-refractivity contribution in [3.63, 3.8) is 0 Å². The lowest BCUT2D eigenvalue weighted by Crippen LogP contribution is -2.17. The Bertz CT molecular complexity index is 1350. The van der Waals surface area contributed by atoms with Gasteiger partial charge in [-0.2, -0.15) is 4.99 Å². The van der Waals surface area contributed by atoms with Gasteiger partial charge in [-0.25, -0.2) is 0 Å². The Balaban J connectivity index is 1.68. The predicted molar refractivity (Wildman–Crippen MR) is 120 cm³/mol. The van der Waals surface area contributed by atoms with Gasteiger partial charge in [0.25, 0.3) is 5.91 Å². The zero-order chi connectivity index (χ0) is 21.1. The van der Waals surface area contributed by atoms with Gasteiger partial charge < -0.3 is 4.57 Å². The van der Waals surface area contributed by atoms with Crippen LogP contribution < -0.4 is 4.80 Å². The van der Waals surface area contributed by atoms with Crippen molar-refractivity contribution in [2.75, 3.05) is 0 Å². The summed E-state index contributed by atoms with van der Waals surface area (Å²) in [7, 11) is 0. The van der Waals surface area contributed by atoms with Gasteiger partial charge in [-0.15, -0.1) is 6.42 Å². The third-order valence-electron chi connectivity index (χ3n) is 4.78. The molecule has 4 nitrogen and oxygen atoms in total. The van der Waals surface area contributed by atoms with Crippen molar-refractivity contribution in [1.82, 2.24) is 4.57 Å². The molecule has 146 valence electrons. The maximum atomic E-state index is 12.8. The van der Waals surface area contributed by atoms with E-state index in [1.807, 2.05) is 47.9 Å². The Labute approximate surface area is 178 Å². The van der Waals surface area contributed by atoms with E-state index in [1.54, 1.807) is 36.4 Å². The lowest BCUT2D eigenvalue weighted by Gasteiger charge is -2.03. The molecular weight excluding hydrogens is 392 g/mol. The first-order valence-electron chi connectivity index (χ1n) is 9.40. The minimum atomic E-state index is -0.372. The Morgan fingerprint density at radius 1 is 0.933 bits per heavy atom. The van der Waals surface area contributed by atoms with E-state index in [9.17, 15) is 9.59 Å². The molecule has 1 amide bonds. The normalized spacial score (nSPS) is 11.4. The molecule has 4 aromatic rings. The van der Waals surface area contributed by atoms with Crippen LogP contribution in [0.25, 0.3) is 10.2 Å². The molecular formula is C25H18N2O2S. The smallest absolute Gasteiger partial charge is 0.279 e. The van der Waals surface area contributed by atoms with Crippen molar-refractivity contribution in [1.29, 1.82) is 0 Å². The maximum Gasteiger partial charge on any atom is 0.279 e. The number of aromatic nitrogens is 1. The molecule has 3 aromatic carbocycles. The number of nitrogens with zero attached hydrogens (tertiary/aromatic N) is 2. The number of amides is 1. The lowest BCUT2D eigenvalue weighted by atomic mass is 10.0. The number of carbonyl (C=O) groups excluding carboxylic acids is 2. The molecule has 0 spiro atoms. The van der Waals surface area contributed by atoms with Crippen LogP contribution in [0.3, 0.4) is 0 Å². The molecule has 0 atom stereocenters. The monoisotopic (exact) mass is 410 g/mol. The van der Waals surface area contributed by atoms with Gasteiger partial charge in [0.2, 0.25) is 0 Å². The van der Waals surface area contributed by atoms with E-state index in [0.717, 1.165) is 15.8 Å². The highest BCUT2D eigenvalue weighted by Gasteiger charge is 2.12. The van der Waals surface area contributed by atoms with E-state index in [1.165, 1.54) is 11.3 Å². The summed E-state index contributed by atoms with van der Waals surface area (Å²) in [5, 5.41) is 0. The van der Waals surface area contributed by atoms with Crippen molar-refractivity contribution in [2.45, 2.75) is 13.5 Å². The van der Waals surface area contributed by atoms with Crippen molar-refractivity contribution < 1.29 is 9.59 Å². The van der Waals surface area contributed by atoms with E-state index >= 15 is 0 Å². The minimum absolute atomic E-state index is 0.0848. The lowest BCUT2D eigenvalue weighted by molar-refractivity contribution is 0.0994. The molecule has 0 radical (unpaired) electrons. The molecule has 0 saturated carbocycles. The van der Waals surface area contributed by atoms with E-state index in [4.69, 9.17) is 6.42 Å². The van der Waals surface area contributed by atoms with Crippen LogP contribution in [0.4, 0.5) is 0 Å². The molecule has 1 heterocycles. The highest BCUT2D eigenvalue weighted by Crippen LogP contribution is 2.21. The molecule has 0 bridgehead atoms. The van der Waals surface area contributed by atoms with E-state index in [2.05, 4.69) is 10.9 Å². The number of benzene rings is 3. The largest absolute Gasteiger partial charge is 0.304 e. The van der Waals surface area contributed by atoms with Gasteiger partial charge in [0.1, 0.15) is 0 Å². The number of aryl methyl sites for hydroxylation is 1. The van der Waals surface area contributed by atoms with Gasteiger partial charge in [-0.05, 0) is 30.7 Å². The summed E-state index contributed by atoms with van der Waals surface area (Å²) < 4.78 is 2.92. The number of fused-ring (bicyclic) bond motifs is 1. The van der Waals surface area contributed by atoms with Crippen molar-refractivity contribution >= 4 is 33.2 Å². The fourth-order valence-electron chi connectivity index (χ4n) is 3.30. The fraction of sp³-hybridized carbons (Fsp3) is 0.0800. The fourth-order valence-corrected chi connectivity index (χ4v) is 4.41. The first kappa shape index (κ1) is 19.6. The second-order valence-electron chi connectivity index (χ2n) is 6.79. The van der Waals surface area contributed by atoms with Gasteiger partial charge in [0.15, 0.2) is 10.6 Å². The Hall–Kier alpha value is -3.75. The van der Waals surface area contributed by atoms with Gasteiger partial charge in [-0.1, -0.05) is 71.9 Å². The first-order chi connectivity index (χ1) is 14.6. The molecule has 1 aromatic heterocycles. The number of hydrogen-bond acceptors (Lipinski definition) is 3. The Morgan fingerprint density at radius 2 is 1.60 bits per heavy atom. The van der Waals surface area contributed by atoms with E-state index in [-0.39, 0.29) is 11.7 Å². The average molecular weight is 410 g/mol. The first-order valence-corrected chi connectivity index (χ1v) is 10.2. The van der Waals surface area contributed by atoms with Crippen LogP contribution in [0, 0.1) is 19.3 Å². The summed E-state index contributed by atoms with van der Waals surface area (Å²) >= 11 is 1.43. The second kappa shape index (κ2) is 8.32. The Kier molecular flexibility index (Phi) is 5.42. The summed E-state index contributed by atoms with van der Waals surface area (Å²) in [5.74, 6) is 2.18. The summed E-state index contributed by atoms with van der Waals surface area (Å²) in [4.78, 5) is 30.2. The van der Waals surface area contributed by atoms with E-state index < -0.39 is 0 Å². The van der Waals surface area contributed by atoms with Crippen molar-refractivity contribution in [3.8, 4) is 12.3 Å². The molecule has 0 aliphatic carbocycles. The molecule has 0 fully saturated rings. The maximum absolute atomic E-state index is 12.8. The van der Waals surface area contributed by atoms with E-state index in [0.29, 0.717) is 28.0 Å². The summed E-state index contributed by atoms with van der Waals surface area (Å²) in [6.45, 7) is 2.34. The number of thiazole rings is 1. The SMILES string of the molecule is C#CCn1c(=NC(=O)c2ccc(C(=O)c3ccccc3)cc2)sc2cccc(C)c21. The predicted octanol–water partition coefficient (Wildman–Crippen LogP) is 4.62. The minimum Gasteiger partial charge on any atom is -0.304 e. The van der Waals surface area contributed by atoms with Crippen molar-refractivity contribution in [3.05, 3.63) is 99.9 Å². The number of hydrogen-bond donors (Lipinski definition) is 0. The zero-order valence-corrected chi connectivity index (χ0v) is 17.1. The second-order valence-corrected chi connectivity index (χ2v) is 7.80. The molecule has 0 aliphatic heterocycles. The van der Waals surface area contributed by atoms with Crippen LogP contribution in [-0.2, 0) is 6.54 Å². The quantitative estimate of drug-likeness (QED) is 0.364. The molecule has 30 heavy (non-hydrogen) atoms.